The number of aromatic carboxylic acids is 1. The van der Waals surface area contributed by atoms with E-state index >= 15 is 0 Å². The Morgan fingerprint density at radius 1 is 1.47 bits per heavy atom. The van der Waals surface area contributed by atoms with E-state index in [1.54, 1.807) is 6.07 Å². The summed E-state index contributed by atoms with van der Waals surface area (Å²) >= 11 is 0. The van der Waals surface area contributed by atoms with Gasteiger partial charge in [-0.05, 0) is 26.0 Å². The summed E-state index contributed by atoms with van der Waals surface area (Å²) in [5, 5.41) is 18.5. The van der Waals surface area contributed by atoms with E-state index < -0.39 is 5.97 Å². The Hall–Kier alpha value is -1.59. The number of morpholine rings is 1. The fraction of sp³-hybridized carbons (Fsp3) is 0.500. The standard InChI is InChI=1S/C14H19NO4/c1-9-3-4-13(12(5-9)14(17)18)15-6-10(2)19-11(7-15)8-16/h3-5,10-11,16H,6-8H2,1-2H3,(H,17,18). The molecule has 1 fully saturated rings. The molecular weight excluding hydrogens is 246 g/mol. The number of aliphatic hydroxyl groups is 1. The fourth-order valence-electron chi connectivity index (χ4n) is 2.44. The van der Waals surface area contributed by atoms with E-state index in [2.05, 4.69) is 0 Å². The average molecular weight is 265 g/mol. The summed E-state index contributed by atoms with van der Waals surface area (Å²) in [7, 11) is 0. The molecule has 0 aliphatic carbocycles. The third-order valence-corrected chi connectivity index (χ3v) is 3.25. The molecule has 1 aliphatic rings. The number of hydrogen-bond donors (Lipinski definition) is 2. The smallest absolute Gasteiger partial charge is 0.337 e. The molecule has 0 aromatic heterocycles. The van der Waals surface area contributed by atoms with Crippen LogP contribution in [-0.4, -0.2) is 48.1 Å². The van der Waals surface area contributed by atoms with E-state index in [0.717, 1.165) is 5.56 Å². The van der Waals surface area contributed by atoms with Gasteiger partial charge in [0.1, 0.15) is 0 Å². The molecule has 5 heteroatoms. The lowest BCUT2D eigenvalue weighted by Crippen LogP contribution is -2.48. The van der Waals surface area contributed by atoms with Crippen molar-refractivity contribution in [2.24, 2.45) is 0 Å². The number of rotatable bonds is 3. The lowest BCUT2D eigenvalue weighted by atomic mass is 10.1. The summed E-state index contributed by atoms with van der Waals surface area (Å²) in [4.78, 5) is 13.3. The molecule has 0 radical (unpaired) electrons. The van der Waals surface area contributed by atoms with Crippen LogP contribution in [0.3, 0.4) is 0 Å². The van der Waals surface area contributed by atoms with Crippen LogP contribution >= 0.6 is 0 Å². The predicted octanol–water partition coefficient (Wildman–Crippen LogP) is 1.28. The molecule has 19 heavy (non-hydrogen) atoms. The third kappa shape index (κ3) is 3.05. The molecule has 2 unspecified atom stereocenters. The Balaban J connectivity index is 2.32. The van der Waals surface area contributed by atoms with Crippen molar-refractivity contribution in [2.75, 3.05) is 24.6 Å². The first-order valence-corrected chi connectivity index (χ1v) is 6.36. The van der Waals surface area contributed by atoms with Gasteiger partial charge < -0.3 is 19.8 Å². The summed E-state index contributed by atoms with van der Waals surface area (Å²) in [5.41, 5.74) is 1.90. The monoisotopic (exact) mass is 265 g/mol. The Bertz CT molecular complexity index is 475. The number of ether oxygens (including phenoxy) is 1. The maximum absolute atomic E-state index is 11.3. The topological polar surface area (TPSA) is 70.0 Å². The molecule has 1 heterocycles. The molecule has 0 saturated carbocycles. The largest absolute Gasteiger partial charge is 0.478 e. The van der Waals surface area contributed by atoms with Crippen molar-refractivity contribution in [3.8, 4) is 0 Å². The predicted molar refractivity (Wildman–Crippen MR) is 71.8 cm³/mol. The number of anilines is 1. The molecule has 104 valence electrons. The van der Waals surface area contributed by atoms with Crippen LogP contribution in [0, 0.1) is 6.92 Å². The minimum atomic E-state index is -0.932. The van der Waals surface area contributed by atoms with Crippen LogP contribution < -0.4 is 4.90 Å². The van der Waals surface area contributed by atoms with Crippen molar-refractivity contribution in [1.82, 2.24) is 0 Å². The van der Waals surface area contributed by atoms with Crippen LogP contribution in [0.1, 0.15) is 22.8 Å². The number of nitrogens with zero attached hydrogens (tertiary/aromatic N) is 1. The second-order valence-corrected chi connectivity index (χ2v) is 4.98. The number of aliphatic hydroxyl groups excluding tert-OH is 1. The van der Waals surface area contributed by atoms with E-state index in [-0.39, 0.29) is 18.8 Å². The Morgan fingerprint density at radius 3 is 2.84 bits per heavy atom. The lowest BCUT2D eigenvalue weighted by Gasteiger charge is -2.38. The van der Waals surface area contributed by atoms with E-state index in [0.29, 0.717) is 24.3 Å². The number of carboxylic acids is 1. The molecule has 2 rings (SSSR count). The summed E-state index contributed by atoms with van der Waals surface area (Å²) < 4.78 is 5.57. The lowest BCUT2D eigenvalue weighted by molar-refractivity contribution is -0.0421. The first kappa shape index (κ1) is 13.8. The van der Waals surface area contributed by atoms with Crippen molar-refractivity contribution in [3.05, 3.63) is 29.3 Å². The zero-order chi connectivity index (χ0) is 14.0. The van der Waals surface area contributed by atoms with Crippen molar-refractivity contribution in [1.29, 1.82) is 0 Å². The summed E-state index contributed by atoms with van der Waals surface area (Å²) in [6.07, 6.45) is -0.305. The Morgan fingerprint density at radius 2 is 2.21 bits per heavy atom. The van der Waals surface area contributed by atoms with Gasteiger partial charge in [0.05, 0.1) is 30.1 Å². The maximum atomic E-state index is 11.3. The van der Waals surface area contributed by atoms with E-state index in [9.17, 15) is 15.0 Å². The van der Waals surface area contributed by atoms with Gasteiger partial charge in [-0.1, -0.05) is 11.6 Å². The summed E-state index contributed by atoms with van der Waals surface area (Å²) in [6.45, 7) is 4.86. The number of aryl methyl sites for hydroxylation is 1. The molecule has 1 aromatic rings. The van der Waals surface area contributed by atoms with Gasteiger partial charge in [-0.25, -0.2) is 4.79 Å². The SMILES string of the molecule is Cc1ccc(N2CC(C)OC(CO)C2)c(C(=O)O)c1. The van der Waals surface area contributed by atoms with Crippen molar-refractivity contribution in [2.45, 2.75) is 26.1 Å². The average Bonchev–Trinajstić information content (AvgIpc) is 2.37. The number of carbonyl (C=O) groups is 1. The maximum Gasteiger partial charge on any atom is 0.337 e. The van der Waals surface area contributed by atoms with Gasteiger partial charge in [0.15, 0.2) is 0 Å². The first-order valence-electron chi connectivity index (χ1n) is 6.36. The van der Waals surface area contributed by atoms with Gasteiger partial charge in [0.25, 0.3) is 0 Å². The molecule has 1 aliphatic heterocycles. The van der Waals surface area contributed by atoms with Gasteiger partial charge in [-0.2, -0.15) is 0 Å². The molecule has 1 aromatic carbocycles. The molecule has 0 amide bonds. The zero-order valence-corrected chi connectivity index (χ0v) is 11.2. The van der Waals surface area contributed by atoms with Gasteiger partial charge >= 0.3 is 5.97 Å². The van der Waals surface area contributed by atoms with Crippen LogP contribution in [-0.2, 0) is 4.74 Å². The molecule has 0 spiro atoms. The highest BCUT2D eigenvalue weighted by Gasteiger charge is 2.27. The number of carboxylic acid groups (broad SMARTS) is 1. The fourth-order valence-corrected chi connectivity index (χ4v) is 2.44. The summed E-state index contributed by atoms with van der Waals surface area (Å²) in [5.74, 6) is -0.932. The van der Waals surface area contributed by atoms with Crippen LogP contribution in [0.15, 0.2) is 18.2 Å². The highest BCUT2D eigenvalue weighted by Crippen LogP contribution is 2.25. The second-order valence-electron chi connectivity index (χ2n) is 4.98. The van der Waals surface area contributed by atoms with Crippen molar-refractivity contribution >= 4 is 11.7 Å². The van der Waals surface area contributed by atoms with Crippen LogP contribution in [0.5, 0.6) is 0 Å². The normalized spacial score (nSPS) is 23.4. The molecule has 2 atom stereocenters. The Labute approximate surface area is 112 Å². The van der Waals surface area contributed by atoms with Crippen LogP contribution in [0.4, 0.5) is 5.69 Å². The number of hydrogen-bond acceptors (Lipinski definition) is 4. The van der Waals surface area contributed by atoms with Crippen LogP contribution in [0.25, 0.3) is 0 Å². The van der Waals surface area contributed by atoms with Gasteiger partial charge in [-0.15, -0.1) is 0 Å². The molecule has 5 nitrogen and oxygen atoms in total. The highest BCUT2D eigenvalue weighted by molar-refractivity contribution is 5.94. The third-order valence-electron chi connectivity index (χ3n) is 3.25. The van der Waals surface area contributed by atoms with Gasteiger partial charge in [0.2, 0.25) is 0 Å². The molecule has 0 bridgehead atoms. The quantitative estimate of drug-likeness (QED) is 0.861. The zero-order valence-electron chi connectivity index (χ0n) is 11.2. The highest BCUT2D eigenvalue weighted by atomic mass is 16.5. The second kappa shape index (κ2) is 5.59. The van der Waals surface area contributed by atoms with Crippen LogP contribution in [0.2, 0.25) is 0 Å². The van der Waals surface area contributed by atoms with E-state index in [1.165, 1.54) is 0 Å². The molecule has 2 N–H and O–H groups in total. The van der Waals surface area contributed by atoms with E-state index in [1.807, 2.05) is 30.9 Å². The number of benzene rings is 1. The van der Waals surface area contributed by atoms with Crippen molar-refractivity contribution < 1.29 is 19.7 Å². The van der Waals surface area contributed by atoms with Crippen molar-refractivity contribution in [3.63, 3.8) is 0 Å². The molecular formula is C14H19NO4. The Kier molecular flexibility index (Phi) is 4.07. The van der Waals surface area contributed by atoms with Gasteiger partial charge in [0, 0.05) is 13.1 Å². The first-order chi connectivity index (χ1) is 9.01. The van der Waals surface area contributed by atoms with E-state index in [4.69, 9.17) is 4.74 Å². The van der Waals surface area contributed by atoms with Gasteiger partial charge in [-0.3, -0.25) is 0 Å². The molecule has 1 saturated heterocycles. The summed E-state index contributed by atoms with van der Waals surface area (Å²) in [6, 6.07) is 5.40. The minimum absolute atomic E-state index is 0.0335. The minimum Gasteiger partial charge on any atom is -0.478 e.